The smallest absolute Gasteiger partial charge is 0.357 e. The van der Waals surface area contributed by atoms with Gasteiger partial charge in [0.05, 0.1) is 18.0 Å². The highest BCUT2D eigenvalue weighted by atomic mass is 32.2. The Kier molecular flexibility index (Phi) is 7.61. The molecule has 208 valence electrons. The lowest BCUT2D eigenvalue weighted by atomic mass is 9.95. The van der Waals surface area contributed by atoms with Gasteiger partial charge in [0.1, 0.15) is 5.82 Å². The van der Waals surface area contributed by atoms with Gasteiger partial charge in [0.25, 0.3) is 0 Å². The number of carbonyl (C=O) groups excluding carboxylic acids is 1. The summed E-state index contributed by atoms with van der Waals surface area (Å²) in [4.78, 5) is 16.8. The first-order valence-corrected chi connectivity index (χ1v) is 15.2. The first kappa shape index (κ1) is 27.2. The molecule has 0 aliphatic heterocycles. The largest absolute Gasteiger partial charge is 0.768 e. The van der Waals surface area contributed by atoms with Crippen LogP contribution in [0.3, 0.4) is 0 Å². The first-order chi connectivity index (χ1) is 19.9. The summed E-state index contributed by atoms with van der Waals surface area (Å²) in [7, 11) is 0. The maximum absolute atomic E-state index is 15.2. The molecular formula is C31H25FN3O4S2-. The zero-order valence-electron chi connectivity index (χ0n) is 22.1. The second kappa shape index (κ2) is 11.5. The fraction of sp³-hybridized carbons (Fsp3) is 0.194. The molecule has 1 unspecified atom stereocenters. The number of esters is 1. The molecule has 1 aliphatic carbocycles. The number of nitrogens with zero attached hydrogens (tertiary/aromatic N) is 3. The highest BCUT2D eigenvalue weighted by Crippen LogP contribution is 2.46. The van der Waals surface area contributed by atoms with Crippen molar-refractivity contribution in [2.75, 3.05) is 6.61 Å². The van der Waals surface area contributed by atoms with E-state index in [9.17, 15) is 13.6 Å². The first-order valence-electron chi connectivity index (χ1n) is 13.2. The fourth-order valence-electron chi connectivity index (χ4n) is 4.89. The number of hydrogen-bond donors (Lipinski definition) is 0. The van der Waals surface area contributed by atoms with Crippen molar-refractivity contribution >= 4 is 28.4 Å². The molecule has 41 heavy (non-hydrogen) atoms. The molecule has 2 aromatic heterocycles. The van der Waals surface area contributed by atoms with E-state index in [2.05, 4.69) is 11.1 Å². The Morgan fingerprint density at radius 3 is 2.54 bits per heavy atom. The molecule has 1 saturated carbocycles. The summed E-state index contributed by atoms with van der Waals surface area (Å²) in [6.45, 7) is 1.99. The van der Waals surface area contributed by atoms with E-state index >= 15 is 4.39 Å². The molecule has 0 amide bonds. The Bertz CT molecular complexity index is 1760. The number of rotatable bonds is 9. The summed E-state index contributed by atoms with van der Waals surface area (Å²) in [5, 5.41) is 7.21. The van der Waals surface area contributed by atoms with Gasteiger partial charge in [-0.15, -0.1) is 11.3 Å². The number of hydrogen-bond acceptors (Lipinski definition) is 7. The highest BCUT2D eigenvalue weighted by molar-refractivity contribution is 7.79. The van der Waals surface area contributed by atoms with Crippen LogP contribution in [-0.4, -0.2) is 36.1 Å². The van der Waals surface area contributed by atoms with Crippen molar-refractivity contribution < 1.29 is 22.7 Å². The zero-order valence-corrected chi connectivity index (χ0v) is 23.7. The van der Waals surface area contributed by atoms with Gasteiger partial charge in [-0.2, -0.15) is 5.10 Å². The Labute approximate surface area is 242 Å². The van der Waals surface area contributed by atoms with Crippen molar-refractivity contribution in [2.24, 2.45) is 0 Å². The minimum atomic E-state index is -2.53. The molecule has 3 aromatic carbocycles. The van der Waals surface area contributed by atoms with Crippen LogP contribution in [0.5, 0.6) is 0 Å². The van der Waals surface area contributed by atoms with E-state index in [1.807, 2.05) is 48.5 Å². The molecule has 0 radical (unpaired) electrons. The topological polar surface area (TPSA) is 97.1 Å². The molecule has 0 bridgehead atoms. The lowest BCUT2D eigenvalue weighted by molar-refractivity contribution is 0.0520. The average Bonchev–Trinajstić information content (AvgIpc) is 3.57. The molecule has 0 spiro atoms. The van der Waals surface area contributed by atoms with Gasteiger partial charge in [0.2, 0.25) is 5.13 Å². The van der Waals surface area contributed by atoms with Crippen LogP contribution >= 0.6 is 11.3 Å². The van der Waals surface area contributed by atoms with Crippen LogP contribution < -0.4 is 0 Å². The Hall–Kier alpha value is -3.99. The third kappa shape index (κ3) is 5.63. The van der Waals surface area contributed by atoms with Gasteiger partial charge in [-0.1, -0.05) is 54.6 Å². The Morgan fingerprint density at radius 2 is 1.83 bits per heavy atom. The van der Waals surface area contributed by atoms with Crippen LogP contribution in [-0.2, 0) is 22.2 Å². The second-order valence-electron chi connectivity index (χ2n) is 9.75. The predicted molar refractivity (Wildman–Crippen MR) is 154 cm³/mol. The van der Waals surface area contributed by atoms with Crippen LogP contribution in [0.25, 0.3) is 27.5 Å². The van der Waals surface area contributed by atoms with Gasteiger partial charge in [-0.25, -0.2) is 18.9 Å². The molecule has 1 atom stereocenters. The number of halogens is 1. The molecular weight excluding hydrogens is 561 g/mol. The van der Waals surface area contributed by atoms with Gasteiger partial charge in [-0.3, -0.25) is 4.21 Å². The molecule has 7 nitrogen and oxygen atoms in total. The molecule has 10 heteroatoms. The van der Waals surface area contributed by atoms with Crippen molar-refractivity contribution in [2.45, 2.75) is 37.0 Å². The van der Waals surface area contributed by atoms with E-state index in [4.69, 9.17) is 9.84 Å². The maximum atomic E-state index is 15.2. The fourth-order valence-corrected chi connectivity index (χ4v) is 6.03. The minimum absolute atomic E-state index is 0.102. The van der Waals surface area contributed by atoms with E-state index in [1.165, 1.54) is 23.5 Å². The van der Waals surface area contributed by atoms with Gasteiger partial charge in [-0.05, 0) is 65.7 Å². The lowest BCUT2D eigenvalue weighted by Crippen LogP contribution is -2.07. The van der Waals surface area contributed by atoms with Crippen LogP contribution in [0.4, 0.5) is 4.39 Å². The molecule has 0 N–H and O–H groups in total. The highest BCUT2D eigenvalue weighted by Gasteiger charge is 2.34. The zero-order chi connectivity index (χ0) is 28.5. The third-order valence-corrected chi connectivity index (χ3v) is 8.43. The van der Waals surface area contributed by atoms with Crippen molar-refractivity contribution in [1.29, 1.82) is 0 Å². The SMILES string of the molecule is CCOC(=O)c1csc(-n2nc(-c3cccc(-c4ccccc4)c3)c(Cc3ccc(S(=O)[O-])cc3F)c2C2CC2)n1. The summed E-state index contributed by atoms with van der Waals surface area (Å²) in [5.74, 6) is -0.886. The van der Waals surface area contributed by atoms with Crippen LogP contribution in [0.1, 0.15) is 53.0 Å². The lowest BCUT2D eigenvalue weighted by Gasteiger charge is -2.11. The standard InChI is InChI=1S/C31H26FN3O4S2/c1-2-39-30(36)27-18-40-31(33-27)35-29(20-11-12-20)25(16-22-13-14-24(41(37)38)17-26(22)32)28(34-35)23-10-6-9-21(15-23)19-7-4-3-5-8-19/h3-10,13-15,17-18,20H,2,11-12,16H2,1H3,(H,37,38)/p-1. The van der Waals surface area contributed by atoms with Crippen molar-refractivity contribution in [3.63, 3.8) is 0 Å². The van der Waals surface area contributed by atoms with E-state index in [0.29, 0.717) is 16.4 Å². The number of ether oxygens (including phenoxy) is 1. The van der Waals surface area contributed by atoms with E-state index < -0.39 is 22.9 Å². The van der Waals surface area contributed by atoms with E-state index in [0.717, 1.165) is 46.9 Å². The van der Waals surface area contributed by atoms with Crippen molar-refractivity contribution in [3.05, 3.63) is 107 Å². The minimum Gasteiger partial charge on any atom is -0.768 e. The number of aromatic nitrogens is 3. The van der Waals surface area contributed by atoms with Gasteiger partial charge in [0.15, 0.2) is 5.69 Å². The Morgan fingerprint density at radius 1 is 1.07 bits per heavy atom. The van der Waals surface area contributed by atoms with Crippen molar-refractivity contribution in [1.82, 2.24) is 14.8 Å². The molecule has 5 aromatic rings. The second-order valence-corrected chi connectivity index (χ2v) is 11.5. The van der Waals surface area contributed by atoms with Gasteiger partial charge in [0, 0.05) is 33.7 Å². The van der Waals surface area contributed by atoms with E-state index in [1.54, 1.807) is 17.0 Å². The molecule has 2 heterocycles. The number of carbonyl (C=O) groups is 1. The number of thiazole rings is 1. The van der Waals surface area contributed by atoms with E-state index in [-0.39, 0.29) is 29.5 Å². The summed E-state index contributed by atoms with van der Waals surface area (Å²) < 4.78 is 44.9. The van der Waals surface area contributed by atoms with Crippen LogP contribution in [0.2, 0.25) is 0 Å². The average molecular weight is 587 g/mol. The van der Waals surface area contributed by atoms with Crippen LogP contribution in [0.15, 0.2) is 83.1 Å². The Balaban J connectivity index is 1.51. The molecule has 1 aliphatic rings. The quantitative estimate of drug-likeness (QED) is 0.141. The molecule has 1 fully saturated rings. The summed E-state index contributed by atoms with van der Waals surface area (Å²) >= 11 is -1.23. The van der Waals surface area contributed by atoms with Gasteiger partial charge >= 0.3 is 5.97 Å². The predicted octanol–water partition coefficient (Wildman–Crippen LogP) is 6.68. The summed E-state index contributed by atoms with van der Waals surface area (Å²) in [6.07, 6.45) is 2.12. The third-order valence-electron chi connectivity index (χ3n) is 6.97. The molecule has 6 rings (SSSR count). The molecule has 0 saturated heterocycles. The maximum Gasteiger partial charge on any atom is 0.357 e. The van der Waals surface area contributed by atoms with Crippen LogP contribution in [0, 0.1) is 5.82 Å². The van der Waals surface area contributed by atoms with Gasteiger partial charge < -0.3 is 9.29 Å². The monoisotopic (exact) mass is 586 g/mol. The van der Waals surface area contributed by atoms with Crippen molar-refractivity contribution in [3.8, 4) is 27.5 Å². The number of benzene rings is 3. The summed E-state index contributed by atoms with van der Waals surface area (Å²) in [6, 6.07) is 22.0. The summed E-state index contributed by atoms with van der Waals surface area (Å²) in [5.41, 5.74) is 5.98. The normalized spacial score (nSPS) is 13.7.